The van der Waals surface area contributed by atoms with Crippen LogP contribution >= 0.6 is 11.3 Å². The third kappa shape index (κ3) is 3.85. The molecule has 0 aliphatic carbocycles. The first kappa shape index (κ1) is 18.3. The zero-order valence-corrected chi connectivity index (χ0v) is 16.3. The van der Waals surface area contributed by atoms with E-state index in [9.17, 15) is 4.79 Å². The highest BCUT2D eigenvalue weighted by atomic mass is 32.1. The van der Waals surface area contributed by atoms with Crippen LogP contribution in [0.25, 0.3) is 20.7 Å². The van der Waals surface area contributed by atoms with Crippen molar-refractivity contribution >= 4 is 33.3 Å². The van der Waals surface area contributed by atoms with Gasteiger partial charge in [0.2, 0.25) is 5.91 Å². The number of nitrogens with zero attached hydrogens (tertiary/aromatic N) is 4. The second-order valence-electron chi connectivity index (χ2n) is 6.13. The summed E-state index contributed by atoms with van der Waals surface area (Å²) in [7, 11) is 1.98. The van der Waals surface area contributed by atoms with Crippen LogP contribution in [0, 0.1) is 0 Å². The first-order valence-electron chi connectivity index (χ1n) is 8.92. The van der Waals surface area contributed by atoms with Crippen LogP contribution in [-0.4, -0.2) is 47.5 Å². The molecule has 26 heavy (non-hydrogen) atoms. The molecule has 0 aliphatic heterocycles. The van der Waals surface area contributed by atoms with Crippen molar-refractivity contribution in [3.8, 4) is 10.4 Å². The molecule has 3 rings (SSSR count). The Morgan fingerprint density at radius 2 is 1.85 bits per heavy atom. The molecule has 2 heterocycles. The average Bonchev–Trinajstić information content (AvgIpc) is 3.12. The monoisotopic (exact) mass is 368 g/mol. The van der Waals surface area contributed by atoms with Crippen molar-refractivity contribution in [2.45, 2.75) is 20.3 Å². The van der Waals surface area contributed by atoms with Crippen LogP contribution in [0.15, 0.2) is 42.7 Å². The van der Waals surface area contributed by atoms with E-state index < -0.39 is 0 Å². The first-order chi connectivity index (χ1) is 12.6. The van der Waals surface area contributed by atoms with E-state index in [4.69, 9.17) is 0 Å². The first-order valence-corrected chi connectivity index (χ1v) is 9.74. The average molecular weight is 369 g/mol. The predicted molar refractivity (Wildman–Crippen MR) is 109 cm³/mol. The van der Waals surface area contributed by atoms with Gasteiger partial charge in [0.1, 0.15) is 17.0 Å². The molecule has 0 N–H and O–H groups in total. The molecule has 136 valence electrons. The number of fused-ring (bicyclic) bond motifs is 1. The molecule has 1 aromatic carbocycles. The lowest BCUT2D eigenvalue weighted by molar-refractivity contribution is -0.130. The number of thiophene rings is 1. The zero-order chi connectivity index (χ0) is 18.5. The quantitative estimate of drug-likeness (QED) is 0.631. The Hall–Kier alpha value is -2.47. The molecule has 0 aliphatic rings. The molecule has 5 nitrogen and oxygen atoms in total. The number of aromatic nitrogens is 2. The van der Waals surface area contributed by atoms with Gasteiger partial charge in [0.25, 0.3) is 0 Å². The lowest BCUT2D eigenvalue weighted by Gasteiger charge is -2.22. The number of carbonyl (C=O) groups excluding carboxylic acids is 1. The summed E-state index contributed by atoms with van der Waals surface area (Å²) in [6, 6.07) is 12.4. The van der Waals surface area contributed by atoms with Crippen molar-refractivity contribution in [3.05, 3.63) is 42.7 Å². The number of amides is 1. The fraction of sp³-hybridized carbons (Fsp3) is 0.350. The maximum atomic E-state index is 12.3. The van der Waals surface area contributed by atoms with Gasteiger partial charge in [-0.1, -0.05) is 30.3 Å². The summed E-state index contributed by atoms with van der Waals surface area (Å²) in [6.45, 7) is 6.16. The van der Waals surface area contributed by atoms with Gasteiger partial charge >= 0.3 is 0 Å². The van der Waals surface area contributed by atoms with E-state index in [0.717, 1.165) is 29.1 Å². The molecular weight excluding hydrogens is 344 g/mol. The van der Waals surface area contributed by atoms with Crippen molar-refractivity contribution < 1.29 is 4.79 Å². The van der Waals surface area contributed by atoms with Gasteiger partial charge in [-0.2, -0.15) is 0 Å². The summed E-state index contributed by atoms with van der Waals surface area (Å²) in [6.07, 6.45) is 2.09. The van der Waals surface area contributed by atoms with Crippen LogP contribution in [0.4, 0.5) is 5.82 Å². The molecule has 0 fully saturated rings. The van der Waals surface area contributed by atoms with Crippen molar-refractivity contribution in [3.63, 3.8) is 0 Å². The molecule has 3 aromatic rings. The summed E-state index contributed by atoms with van der Waals surface area (Å²) >= 11 is 1.67. The second kappa shape index (κ2) is 8.27. The molecule has 1 amide bonds. The van der Waals surface area contributed by atoms with E-state index in [1.54, 1.807) is 17.7 Å². The standard InChI is InChI=1S/C20H24N4OS/c1-4-24(5-2)18(25)11-12-23(3)19-16-13-17(15-9-7-6-8-10-15)26-20(16)22-14-21-19/h6-10,13-14H,4-5,11-12H2,1-3H3. The molecule has 0 saturated heterocycles. The molecule has 2 aromatic heterocycles. The summed E-state index contributed by atoms with van der Waals surface area (Å²) in [4.78, 5) is 27.2. The molecule has 0 spiro atoms. The van der Waals surface area contributed by atoms with Crippen LogP contribution in [-0.2, 0) is 4.79 Å². The predicted octanol–water partition coefficient (Wildman–Crippen LogP) is 4.05. The van der Waals surface area contributed by atoms with Crippen LogP contribution in [0.5, 0.6) is 0 Å². The minimum Gasteiger partial charge on any atom is -0.359 e. The number of rotatable bonds is 7. The zero-order valence-electron chi connectivity index (χ0n) is 15.5. The molecule has 0 bridgehead atoms. The van der Waals surface area contributed by atoms with Crippen LogP contribution < -0.4 is 4.90 Å². The minimum atomic E-state index is 0.183. The van der Waals surface area contributed by atoms with Gasteiger partial charge in [0.15, 0.2) is 0 Å². The van der Waals surface area contributed by atoms with Crippen LogP contribution in [0.2, 0.25) is 0 Å². The van der Waals surface area contributed by atoms with E-state index in [1.807, 2.05) is 48.9 Å². The Morgan fingerprint density at radius 3 is 2.54 bits per heavy atom. The molecule has 0 radical (unpaired) electrons. The van der Waals surface area contributed by atoms with Crippen molar-refractivity contribution in [2.24, 2.45) is 0 Å². The third-order valence-corrected chi connectivity index (χ3v) is 5.60. The number of anilines is 1. The molecular formula is C20H24N4OS. The van der Waals surface area contributed by atoms with Gasteiger partial charge in [-0.3, -0.25) is 4.79 Å². The van der Waals surface area contributed by atoms with Crippen LogP contribution in [0.3, 0.4) is 0 Å². The smallest absolute Gasteiger partial charge is 0.224 e. The van der Waals surface area contributed by atoms with Crippen LogP contribution in [0.1, 0.15) is 20.3 Å². The van der Waals surface area contributed by atoms with Gasteiger partial charge in [0.05, 0.1) is 5.39 Å². The molecule has 6 heteroatoms. The van der Waals surface area contributed by atoms with E-state index in [1.165, 1.54) is 10.4 Å². The highest BCUT2D eigenvalue weighted by Gasteiger charge is 2.15. The summed E-state index contributed by atoms with van der Waals surface area (Å²) in [5, 5.41) is 1.04. The fourth-order valence-corrected chi connectivity index (χ4v) is 3.99. The maximum Gasteiger partial charge on any atom is 0.224 e. The van der Waals surface area contributed by atoms with E-state index >= 15 is 0 Å². The van der Waals surface area contributed by atoms with Gasteiger partial charge in [0, 0.05) is 38.0 Å². The van der Waals surface area contributed by atoms with Gasteiger partial charge in [-0.05, 0) is 25.5 Å². The SMILES string of the molecule is CCN(CC)C(=O)CCN(C)c1ncnc2sc(-c3ccccc3)cc12. The van der Waals surface area contributed by atoms with Gasteiger partial charge in [-0.15, -0.1) is 11.3 Å². The van der Waals surface area contributed by atoms with Gasteiger partial charge < -0.3 is 9.80 Å². The van der Waals surface area contributed by atoms with Crippen molar-refractivity contribution in [2.75, 3.05) is 31.6 Å². The minimum absolute atomic E-state index is 0.183. The van der Waals surface area contributed by atoms with E-state index in [2.05, 4.69) is 28.2 Å². The van der Waals surface area contributed by atoms with E-state index in [0.29, 0.717) is 13.0 Å². The Balaban J connectivity index is 1.81. The Bertz CT molecular complexity index is 874. The molecule has 0 unspecified atom stereocenters. The van der Waals surface area contributed by atoms with Crippen molar-refractivity contribution in [1.29, 1.82) is 0 Å². The number of hydrogen-bond donors (Lipinski definition) is 0. The Morgan fingerprint density at radius 1 is 1.12 bits per heavy atom. The third-order valence-electron chi connectivity index (χ3n) is 4.51. The number of carbonyl (C=O) groups is 1. The fourth-order valence-electron chi connectivity index (χ4n) is 3.00. The maximum absolute atomic E-state index is 12.3. The summed E-state index contributed by atoms with van der Waals surface area (Å²) < 4.78 is 0. The molecule has 0 saturated carbocycles. The summed E-state index contributed by atoms with van der Waals surface area (Å²) in [5.41, 5.74) is 1.18. The lowest BCUT2D eigenvalue weighted by atomic mass is 10.2. The van der Waals surface area contributed by atoms with Gasteiger partial charge in [-0.25, -0.2) is 9.97 Å². The largest absolute Gasteiger partial charge is 0.359 e. The number of hydrogen-bond acceptors (Lipinski definition) is 5. The Kier molecular flexibility index (Phi) is 5.83. The highest BCUT2D eigenvalue weighted by Crippen LogP contribution is 2.35. The normalized spacial score (nSPS) is 10.9. The molecule has 0 atom stereocenters. The van der Waals surface area contributed by atoms with Crippen molar-refractivity contribution in [1.82, 2.24) is 14.9 Å². The summed E-state index contributed by atoms with van der Waals surface area (Å²) in [5.74, 6) is 1.06. The highest BCUT2D eigenvalue weighted by molar-refractivity contribution is 7.21. The topological polar surface area (TPSA) is 49.3 Å². The second-order valence-corrected chi connectivity index (χ2v) is 7.16. The lowest BCUT2D eigenvalue weighted by Crippen LogP contribution is -2.33. The number of benzene rings is 1. The Labute approximate surface area is 158 Å². The van der Waals surface area contributed by atoms with E-state index in [-0.39, 0.29) is 5.91 Å².